The molecule has 0 bridgehead atoms. The first-order valence-electron chi connectivity index (χ1n) is 11.1. The van der Waals surface area contributed by atoms with Gasteiger partial charge < -0.3 is 19.5 Å². The zero-order valence-corrected chi connectivity index (χ0v) is 20.6. The van der Waals surface area contributed by atoms with Crippen molar-refractivity contribution in [2.75, 3.05) is 13.7 Å². The summed E-state index contributed by atoms with van der Waals surface area (Å²) in [7, 11) is 1.41. The van der Waals surface area contributed by atoms with Gasteiger partial charge in [-0.2, -0.15) is 0 Å². The number of pyridine rings is 1. The second-order valence-corrected chi connectivity index (χ2v) is 9.04. The van der Waals surface area contributed by atoms with Crippen LogP contribution in [0.4, 0.5) is 0 Å². The minimum absolute atomic E-state index is 0.0945. The molecule has 1 aliphatic heterocycles. The summed E-state index contributed by atoms with van der Waals surface area (Å²) in [5.74, 6) is -0.251. The lowest BCUT2D eigenvalue weighted by molar-refractivity contribution is -0.140. The van der Waals surface area contributed by atoms with E-state index in [9.17, 15) is 4.79 Å². The van der Waals surface area contributed by atoms with Crippen molar-refractivity contribution in [1.29, 1.82) is 0 Å². The lowest BCUT2D eigenvalue weighted by Gasteiger charge is -2.28. The predicted octanol–water partition coefficient (Wildman–Crippen LogP) is 4.64. The van der Waals surface area contributed by atoms with Crippen molar-refractivity contribution in [2.24, 2.45) is 0 Å². The van der Waals surface area contributed by atoms with Gasteiger partial charge in [-0.1, -0.05) is 12.1 Å². The van der Waals surface area contributed by atoms with Gasteiger partial charge >= 0.3 is 5.97 Å². The molecule has 3 heterocycles. The van der Waals surface area contributed by atoms with Gasteiger partial charge in [0.25, 0.3) is 0 Å². The number of benzene rings is 1. The number of aromatic nitrogens is 2. The first-order chi connectivity index (χ1) is 15.8. The third kappa shape index (κ3) is 4.50. The molecule has 0 unspecified atom stereocenters. The molecule has 0 radical (unpaired) electrons. The molecule has 0 spiro atoms. The largest absolute Gasteiger partial charge is 0.469 e. The summed E-state index contributed by atoms with van der Waals surface area (Å²) in [6.07, 6.45) is 2.06. The minimum Gasteiger partial charge on any atom is -0.469 e. The van der Waals surface area contributed by atoms with E-state index in [1.54, 1.807) is 6.20 Å². The van der Waals surface area contributed by atoms with Crippen molar-refractivity contribution in [3.63, 3.8) is 0 Å². The van der Waals surface area contributed by atoms with Crippen LogP contribution < -0.4 is 5.32 Å². The third-order valence-corrected chi connectivity index (χ3v) is 6.59. The maximum absolute atomic E-state index is 11.9. The number of rotatable bonds is 6. The molecule has 1 N–H and O–H groups in total. The Kier molecular flexibility index (Phi) is 6.51. The van der Waals surface area contributed by atoms with Crippen molar-refractivity contribution < 1.29 is 9.53 Å². The number of methoxy groups -OCH3 is 1. The van der Waals surface area contributed by atoms with E-state index in [0.29, 0.717) is 11.7 Å². The molecule has 0 saturated carbocycles. The zero-order chi connectivity index (χ0) is 23.7. The molecule has 2 atom stereocenters. The fourth-order valence-corrected chi connectivity index (χ4v) is 5.19. The Morgan fingerprint density at radius 3 is 2.48 bits per heavy atom. The molecular weight excluding hydrogens is 432 g/mol. The first-order valence-corrected chi connectivity index (χ1v) is 11.5. The van der Waals surface area contributed by atoms with Crippen LogP contribution in [-0.4, -0.2) is 39.2 Å². The van der Waals surface area contributed by atoms with Gasteiger partial charge in [0.2, 0.25) is 0 Å². The minimum atomic E-state index is -0.251. The summed E-state index contributed by atoms with van der Waals surface area (Å²) in [5.41, 5.74) is 8.00. The summed E-state index contributed by atoms with van der Waals surface area (Å²) in [6, 6.07) is 14.5. The smallest absolute Gasteiger partial charge is 0.307 e. The Hall–Kier alpha value is -3.19. The van der Waals surface area contributed by atoms with E-state index in [1.807, 2.05) is 18.2 Å². The SMILES string of the molecule is COC(=O)CCN1C(=S)N[C@@H](c2ccccn2)[C@@H]1c1cc(C)n(-c2cc(C)cc(C)c2)c1C. The molecule has 1 aliphatic rings. The van der Waals surface area contributed by atoms with E-state index in [2.05, 4.69) is 71.7 Å². The van der Waals surface area contributed by atoms with Crippen LogP contribution in [-0.2, 0) is 9.53 Å². The maximum Gasteiger partial charge on any atom is 0.307 e. The van der Waals surface area contributed by atoms with Gasteiger partial charge in [-0.25, -0.2) is 0 Å². The van der Waals surface area contributed by atoms with Gasteiger partial charge in [0.05, 0.1) is 31.3 Å². The molecule has 1 aromatic carbocycles. The normalized spacial score (nSPS) is 17.8. The van der Waals surface area contributed by atoms with E-state index in [1.165, 1.54) is 23.8 Å². The van der Waals surface area contributed by atoms with Gasteiger partial charge in [-0.15, -0.1) is 0 Å². The number of hydrogen-bond donors (Lipinski definition) is 1. The second-order valence-electron chi connectivity index (χ2n) is 8.65. The van der Waals surface area contributed by atoms with Gasteiger partial charge in [0.15, 0.2) is 5.11 Å². The molecule has 33 heavy (non-hydrogen) atoms. The van der Waals surface area contributed by atoms with Crippen LogP contribution in [0.3, 0.4) is 0 Å². The van der Waals surface area contributed by atoms with Gasteiger partial charge in [-0.3, -0.25) is 9.78 Å². The Labute approximate surface area is 200 Å². The van der Waals surface area contributed by atoms with Gasteiger partial charge in [0.1, 0.15) is 0 Å². The molecule has 4 rings (SSSR count). The van der Waals surface area contributed by atoms with E-state index in [-0.39, 0.29) is 24.5 Å². The monoisotopic (exact) mass is 462 g/mol. The fourth-order valence-electron chi connectivity index (χ4n) is 4.86. The first kappa shape index (κ1) is 23.0. The van der Waals surface area contributed by atoms with Crippen molar-refractivity contribution in [1.82, 2.24) is 19.8 Å². The molecular formula is C26H30N4O2S. The van der Waals surface area contributed by atoms with Gasteiger partial charge in [0, 0.05) is 29.8 Å². The third-order valence-electron chi connectivity index (χ3n) is 6.24. The average Bonchev–Trinajstić information content (AvgIpc) is 3.26. The molecule has 0 amide bonds. The van der Waals surface area contributed by atoms with Crippen LogP contribution in [0.15, 0.2) is 48.7 Å². The predicted molar refractivity (Wildman–Crippen MR) is 134 cm³/mol. The average molecular weight is 463 g/mol. The Morgan fingerprint density at radius 2 is 1.85 bits per heavy atom. The van der Waals surface area contributed by atoms with Crippen LogP contribution in [0.5, 0.6) is 0 Å². The highest BCUT2D eigenvalue weighted by Crippen LogP contribution is 2.41. The van der Waals surface area contributed by atoms with Crippen molar-refractivity contribution in [3.8, 4) is 5.69 Å². The summed E-state index contributed by atoms with van der Waals surface area (Å²) < 4.78 is 7.18. The molecule has 1 fully saturated rings. The number of thiocarbonyl (C=S) groups is 1. The number of esters is 1. The zero-order valence-electron chi connectivity index (χ0n) is 19.8. The molecule has 6 nitrogen and oxygen atoms in total. The van der Waals surface area contributed by atoms with Crippen LogP contribution in [0, 0.1) is 27.7 Å². The molecule has 2 aromatic heterocycles. The standard InChI is InChI=1S/C26H30N4O2S/c1-16-12-17(2)14-20(13-16)30-18(3)15-21(19(30)4)25-24(22-8-6-7-10-27-22)28-26(33)29(25)11-9-23(31)32-5/h6-8,10,12-15,24-25H,9,11H2,1-5H3,(H,28,33)/t24-,25-/m0/s1. The number of aryl methyl sites for hydroxylation is 3. The number of hydrogen-bond acceptors (Lipinski definition) is 4. The van der Waals surface area contributed by atoms with E-state index in [4.69, 9.17) is 17.0 Å². The van der Waals surface area contributed by atoms with Crippen LogP contribution >= 0.6 is 12.2 Å². The van der Waals surface area contributed by atoms with E-state index < -0.39 is 0 Å². The summed E-state index contributed by atoms with van der Waals surface area (Å²) in [6.45, 7) is 8.99. The second kappa shape index (κ2) is 9.35. The Bertz CT molecular complexity index is 1170. The van der Waals surface area contributed by atoms with Crippen molar-refractivity contribution in [3.05, 3.63) is 82.4 Å². The van der Waals surface area contributed by atoms with E-state index in [0.717, 1.165) is 22.8 Å². The molecule has 3 aromatic rings. The van der Waals surface area contributed by atoms with Crippen LogP contribution in [0.25, 0.3) is 5.69 Å². The quantitative estimate of drug-likeness (QED) is 0.425. The highest BCUT2D eigenvalue weighted by atomic mass is 32.1. The Balaban J connectivity index is 1.81. The van der Waals surface area contributed by atoms with Crippen LogP contribution in [0.2, 0.25) is 0 Å². The maximum atomic E-state index is 11.9. The van der Waals surface area contributed by atoms with Crippen LogP contribution in [0.1, 0.15) is 52.3 Å². The summed E-state index contributed by atoms with van der Waals surface area (Å²) in [4.78, 5) is 18.6. The highest BCUT2D eigenvalue weighted by Gasteiger charge is 2.41. The topological polar surface area (TPSA) is 59.4 Å². The number of ether oxygens (including phenoxy) is 1. The highest BCUT2D eigenvalue weighted by molar-refractivity contribution is 7.80. The lowest BCUT2D eigenvalue weighted by Crippen LogP contribution is -2.32. The van der Waals surface area contributed by atoms with Gasteiger partial charge in [-0.05, 0) is 86.9 Å². The van der Waals surface area contributed by atoms with Crippen molar-refractivity contribution in [2.45, 2.75) is 46.2 Å². The van der Waals surface area contributed by atoms with E-state index >= 15 is 0 Å². The fraction of sp³-hybridized carbons (Fsp3) is 0.346. The lowest BCUT2D eigenvalue weighted by atomic mass is 9.96. The molecule has 1 saturated heterocycles. The number of nitrogens with zero attached hydrogens (tertiary/aromatic N) is 3. The number of carbonyl (C=O) groups is 1. The molecule has 7 heteroatoms. The Morgan fingerprint density at radius 1 is 1.12 bits per heavy atom. The summed E-state index contributed by atoms with van der Waals surface area (Å²) >= 11 is 5.72. The summed E-state index contributed by atoms with van der Waals surface area (Å²) in [5, 5.41) is 4.08. The number of carbonyl (C=O) groups excluding carboxylic acids is 1. The molecule has 0 aliphatic carbocycles. The van der Waals surface area contributed by atoms with Crippen molar-refractivity contribution >= 4 is 23.3 Å². The number of nitrogens with one attached hydrogen (secondary N) is 1. The molecule has 172 valence electrons.